The number of carbonyl (C=O) groups is 2. The van der Waals surface area contributed by atoms with E-state index < -0.39 is 15.9 Å². The van der Waals surface area contributed by atoms with Gasteiger partial charge in [0.2, 0.25) is 21.8 Å². The van der Waals surface area contributed by atoms with Crippen LogP contribution < -0.4 is 14.9 Å². The number of hydrogen-bond acceptors (Lipinski definition) is 5. The predicted octanol–water partition coefficient (Wildman–Crippen LogP) is 7.89. The van der Waals surface area contributed by atoms with Gasteiger partial charge in [0.25, 0.3) is 0 Å². The van der Waals surface area contributed by atoms with Crippen LogP contribution in [0.3, 0.4) is 0 Å². The van der Waals surface area contributed by atoms with Crippen molar-refractivity contribution in [1.82, 2.24) is 14.9 Å². The first-order valence-electron chi connectivity index (χ1n) is 18.6. The molecule has 54 heavy (non-hydrogen) atoms. The van der Waals surface area contributed by atoms with Crippen molar-refractivity contribution in [2.24, 2.45) is 5.92 Å². The minimum atomic E-state index is -3.51. The Balaban J connectivity index is 0.957. The number of benzene rings is 5. The zero-order valence-corrected chi connectivity index (χ0v) is 31.9. The van der Waals surface area contributed by atoms with Gasteiger partial charge in [-0.15, -0.1) is 0 Å². The van der Waals surface area contributed by atoms with E-state index in [-0.39, 0.29) is 16.7 Å². The highest BCUT2D eigenvalue weighted by molar-refractivity contribution is 7.89. The van der Waals surface area contributed by atoms with Gasteiger partial charge in [0.1, 0.15) is 5.92 Å². The van der Waals surface area contributed by atoms with Gasteiger partial charge >= 0.3 is 0 Å². The summed E-state index contributed by atoms with van der Waals surface area (Å²) in [6.45, 7) is 2.06. The Morgan fingerprint density at radius 2 is 1.41 bits per heavy atom. The largest absolute Gasteiger partial charge is 0.336 e. The zero-order valence-electron chi connectivity index (χ0n) is 30.3. The first-order chi connectivity index (χ1) is 26.2. The van der Waals surface area contributed by atoms with E-state index in [1.165, 1.54) is 12.6 Å². The summed E-state index contributed by atoms with van der Waals surface area (Å²) in [4.78, 5) is 32.0. The molecule has 2 N–H and O–H groups in total. The molecule has 1 heterocycles. The maximum Gasteiger partial charge on any atom is 0.240 e. The van der Waals surface area contributed by atoms with Gasteiger partial charge in [0.05, 0.1) is 4.90 Å². The summed E-state index contributed by atoms with van der Waals surface area (Å²) in [5, 5.41) is 4.30. The van der Waals surface area contributed by atoms with Crippen molar-refractivity contribution in [3.63, 3.8) is 0 Å². The molecule has 1 unspecified atom stereocenters. The molecule has 0 spiro atoms. The zero-order chi connectivity index (χ0) is 37.7. The van der Waals surface area contributed by atoms with Crippen LogP contribution >= 0.6 is 11.6 Å². The van der Waals surface area contributed by atoms with Crippen LogP contribution in [-0.2, 0) is 26.2 Å². The first kappa shape index (κ1) is 37.5. The van der Waals surface area contributed by atoms with Gasteiger partial charge < -0.3 is 15.1 Å². The topological polar surface area (TPSA) is 98.8 Å². The van der Waals surface area contributed by atoms with Crippen LogP contribution in [0.25, 0.3) is 22.3 Å². The third kappa shape index (κ3) is 8.77. The number of amides is 2. The van der Waals surface area contributed by atoms with E-state index in [4.69, 9.17) is 11.6 Å². The molecule has 1 saturated carbocycles. The van der Waals surface area contributed by atoms with Crippen LogP contribution in [0.5, 0.6) is 0 Å². The molecule has 0 aromatic heterocycles. The summed E-state index contributed by atoms with van der Waals surface area (Å²) in [5.74, 6) is -0.610. The fourth-order valence-corrected chi connectivity index (χ4v) is 8.36. The van der Waals surface area contributed by atoms with Gasteiger partial charge in [-0.25, -0.2) is 13.1 Å². The van der Waals surface area contributed by atoms with Crippen LogP contribution in [0.1, 0.15) is 42.7 Å². The van der Waals surface area contributed by atoms with Crippen LogP contribution in [-0.4, -0.2) is 57.9 Å². The highest BCUT2D eigenvalue weighted by atomic mass is 35.5. The summed E-state index contributed by atoms with van der Waals surface area (Å²) in [7, 11) is -2.10. The molecule has 2 aliphatic rings. The Bertz CT molecular complexity index is 2200. The molecule has 2 amide bonds. The van der Waals surface area contributed by atoms with E-state index in [1.54, 1.807) is 23.1 Å². The summed E-state index contributed by atoms with van der Waals surface area (Å²) in [5.41, 5.74) is 6.99. The van der Waals surface area contributed by atoms with Crippen molar-refractivity contribution in [1.29, 1.82) is 0 Å². The quantitative estimate of drug-likeness (QED) is 0.0887. The molecular formula is C44H45ClN4O4S. The number of nitrogens with zero attached hydrogens (tertiary/aromatic N) is 2. The second-order valence-corrected chi connectivity index (χ2v) is 16.4. The summed E-state index contributed by atoms with van der Waals surface area (Å²) in [6, 6.07) is 41.4. The molecule has 1 aliphatic carbocycles. The molecule has 8 nitrogen and oxygen atoms in total. The molecule has 5 aromatic rings. The monoisotopic (exact) mass is 760 g/mol. The molecular weight excluding hydrogens is 716 g/mol. The second kappa shape index (κ2) is 16.7. The number of hydrogen-bond donors (Lipinski definition) is 2. The van der Waals surface area contributed by atoms with Crippen molar-refractivity contribution < 1.29 is 18.0 Å². The van der Waals surface area contributed by atoms with Crippen molar-refractivity contribution in [2.45, 2.75) is 49.1 Å². The second-order valence-electron chi connectivity index (χ2n) is 14.1. The lowest BCUT2D eigenvalue weighted by Crippen LogP contribution is -2.39. The van der Waals surface area contributed by atoms with Crippen LogP contribution in [0, 0.1) is 5.92 Å². The van der Waals surface area contributed by atoms with Crippen molar-refractivity contribution in [2.75, 3.05) is 31.6 Å². The van der Waals surface area contributed by atoms with Gasteiger partial charge in [0, 0.05) is 42.3 Å². The van der Waals surface area contributed by atoms with Gasteiger partial charge in [-0.3, -0.25) is 9.59 Å². The van der Waals surface area contributed by atoms with Crippen molar-refractivity contribution in [3.8, 4) is 22.3 Å². The Hall–Kier alpha value is -4.80. The van der Waals surface area contributed by atoms with Crippen LogP contribution in [0.2, 0.25) is 5.02 Å². The van der Waals surface area contributed by atoms with E-state index in [0.29, 0.717) is 43.0 Å². The third-order valence-corrected chi connectivity index (χ3v) is 12.2. The molecule has 10 heteroatoms. The molecule has 2 fully saturated rings. The minimum Gasteiger partial charge on any atom is -0.336 e. The highest BCUT2D eigenvalue weighted by Crippen LogP contribution is 2.41. The number of carbonyl (C=O) groups excluding carboxylic acids is 2. The minimum absolute atomic E-state index is 0.127. The fraction of sp³-hybridized carbons (Fsp3) is 0.273. The fourth-order valence-electron chi connectivity index (χ4n) is 7.37. The Morgan fingerprint density at radius 1 is 0.722 bits per heavy atom. The third-order valence-electron chi connectivity index (χ3n) is 10.5. The van der Waals surface area contributed by atoms with Gasteiger partial charge in [-0.2, -0.15) is 0 Å². The Morgan fingerprint density at radius 3 is 2.15 bits per heavy atom. The molecule has 0 bridgehead atoms. The first-order valence-corrected chi connectivity index (χ1v) is 20.4. The van der Waals surface area contributed by atoms with E-state index in [2.05, 4.69) is 34.3 Å². The lowest BCUT2D eigenvalue weighted by atomic mass is 9.98. The molecule has 7 rings (SSSR count). The predicted molar refractivity (Wildman–Crippen MR) is 216 cm³/mol. The molecule has 5 aromatic carbocycles. The van der Waals surface area contributed by atoms with E-state index >= 15 is 0 Å². The lowest BCUT2D eigenvalue weighted by Gasteiger charge is -2.23. The van der Waals surface area contributed by atoms with Crippen molar-refractivity contribution >= 4 is 39.1 Å². The number of anilines is 1. The molecule has 278 valence electrons. The highest BCUT2D eigenvalue weighted by Gasteiger charge is 2.39. The van der Waals surface area contributed by atoms with E-state index in [9.17, 15) is 18.0 Å². The number of halogens is 1. The molecule has 1 aliphatic heterocycles. The number of rotatable bonds is 14. The van der Waals surface area contributed by atoms with Crippen LogP contribution in [0.15, 0.2) is 132 Å². The van der Waals surface area contributed by atoms with Crippen molar-refractivity contribution in [3.05, 3.63) is 144 Å². The standard InChI is InChI=1S/C44H45ClN4O4S/c1-46-54(52,53)39-14-8-12-36(28-39)34-16-18-35(19-17-34)41-29-42(41)47-24-6-5-15-40-43(50)48(30-31-9-7-13-37(45)27-31)25-26-49(44(40)51)38-22-20-33(21-23-38)32-10-3-2-4-11-32/h2-4,7-14,16-23,27-28,40-42,46-47H,5-6,15,24-26,29-30H2,1H3/t40?,41-,42+/m0/s1. The molecule has 1 saturated heterocycles. The lowest BCUT2D eigenvalue weighted by molar-refractivity contribution is -0.140. The molecule has 0 radical (unpaired) electrons. The number of sulfonamides is 1. The maximum absolute atomic E-state index is 14.1. The summed E-state index contributed by atoms with van der Waals surface area (Å²) >= 11 is 6.27. The van der Waals surface area contributed by atoms with Gasteiger partial charge in [-0.05, 0) is 103 Å². The number of unbranched alkanes of at least 4 members (excludes halogenated alkanes) is 1. The average molecular weight is 761 g/mol. The van der Waals surface area contributed by atoms with Gasteiger partial charge in [0.15, 0.2) is 0 Å². The summed E-state index contributed by atoms with van der Waals surface area (Å²) < 4.78 is 26.9. The average Bonchev–Trinajstić information content (AvgIpc) is 4.00. The van der Waals surface area contributed by atoms with Gasteiger partial charge in [-0.1, -0.05) is 109 Å². The summed E-state index contributed by atoms with van der Waals surface area (Å²) in [6.07, 6.45) is 3.13. The molecule has 3 atom stereocenters. The smallest absolute Gasteiger partial charge is 0.240 e. The maximum atomic E-state index is 14.1. The number of nitrogens with one attached hydrogen (secondary N) is 2. The normalized spacial score (nSPS) is 18.8. The Labute approximate surface area is 323 Å². The SMILES string of the molecule is CNS(=O)(=O)c1cccc(-c2ccc([C@@H]3C[C@H]3NCCCCC3C(=O)N(Cc4cccc(Cl)c4)CCN(c4ccc(-c5ccccc5)cc4)C3=O)cc2)c1. The van der Waals surface area contributed by atoms with Crippen LogP contribution in [0.4, 0.5) is 5.69 Å². The van der Waals surface area contributed by atoms with E-state index in [1.807, 2.05) is 89.8 Å². The van der Waals surface area contributed by atoms with E-state index in [0.717, 1.165) is 59.3 Å². The Kier molecular flexibility index (Phi) is 11.6.